The number of nitrogens with zero attached hydrogens (tertiary/aromatic N) is 1. The van der Waals surface area contributed by atoms with Gasteiger partial charge in [-0.05, 0) is 37.5 Å². The van der Waals surface area contributed by atoms with Gasteiger partial charge < -0.3 is 5.32 Å². The van der Waals surface area contributed by atoms with Crippen molar-refractivity contribution in [1.29, 1.82) is 0 Å². The number of hydrogen-bond donors (Lipinski definition) is 1. The predicted octanol–water partition coefficient (Wildman–Crippen LogP) is 2.47. The van der Waals surface area contributed by atoms with Crippen LogP contribution in [0.2, 0.25) is 0 Å². The molecule has 1 N–H and O–H groups in total. The number of imide groups is 1. The van der Waals surface area contributed by atoms with Crippen LogP contribution in [-0.2, 0) is 9.59 Å². The summed E-state index contributed by atoms with van der Waals surface area (Å²) in [6.45, 7) is 8.61. The second-order valence-corrected chi connectivity index (χ2v) is 7.10. The maximum atomic E-state index is 12.5. The molecule has 2 fully saturated rings. The summed E-state index contributed by atoms with van der Waals surface area (Å²) in [5.74, 6) is -0.00753. The molecule has 0 aromatic heterocycles. The molecule has 4 nitrogen and oxygen atoms in total. The molecule has 0 aromatic rings. The molecule has 20 heavy (non-hydrogen) atoms. The Morgan fingerprint density at radius 3 is 2.45 bits per heavy atom. The van der Waals surface area contributed by atoms with Crippen molar-refractivity contribution in [3.63, 3.8) is 0 Å². The van der Waals surface area contributed by atoms with E-state index in [1.807, 2.05) is 13.8 Å². The smallest absolute Gasteiger partial charge is 0.247 e. The van der Waals surface area contributed by atoms with Crippen LogP contribution >= 0.6 is 0 Å². The highest BCUT2D eigenvalue weighted by Gasteiger charge is 2.43. The standard InChI is InChI=1S/C16H28N2O2/c1-5-12(6-2)18-14(19)9-13(15(18)20)17-11-7-8-16(3,4)10-11/h11-13,17H,5-10H2,1-4H3. The van der Waals surface area contributed by atoms with E-state index in [0.29, 0.717) is 17.9 Å². The fourth-order valence-electron chi connectivity index (χ4n) is 3.68. The normalized spacial score (nSPS) is 29.8. The molecular weight excluding hydrogens is 252 g/mol. The number of likely N-dealkylation sites (tertiary alicyclic amines) is 1. The molecule has 0 bridgehead atoms. The number of carbonyl (C=O) groups is 2. The van der Waals surface area contributed by atoms with Crippen molar-refractivity contribution >= 4 is 11.8 Å². The summed E-state index contributed by atoms with van der Waals surface area (Å²) in [7, 11) is 0. The first kappa shape index (κ1) is 15.5. The topological polar surface area (TPSA) is 49.4 Å². The third-order valence-corrected chi connectivity index (χ3v) is 4.90. The maximum Gasteiger partial charge on any atom is 0.247 e. The summed E-state index contributed by atoms with van der Waals surface area (Å²) in [5.41, 5.74) is 0.360. The van der Waals surface area contributed by atoms with Gasteiger partial charge in [-0.1, -0.05) is 27.7 Å². The Bertz CT molecular complexity index is 388. The first-order chi connectivity index (χ1) is 9.38. The zero-order valence-corrected chi connectivity index (χ0v) is 13.2. The number of nitrogens with one attached hydrogen (secondary N) is 1. The molecular formula is C16H28N2O2. The van der Waals surface area contributed by atoms with E-state index in [0.717, 1.165) is 25.7 Å². The summed E-state index contributed by atoms with van der Waals surface area (Å²) in [6, 6.07) is 0.164. The van der Waals surface area contributed by atoms with Crippen molar-refractivity contribution in [2.75, 3.05) is 0 Å². The van der Waals surface area contributed by atoms with Gasteiger partial charge in [-0.2, -0.15) is 0 Å². The highest BCUT2D eigenvalue weighted by Crippen LogP contribution is 2.37. The van der Waals surface area contributed by atoms with Gasteiger partial charge in [0.05, 0.1) is 12.5 Å². The minimum Gasteiger partial charge on any atom is -0.303 e. The van der Waals surface area contributed by atoms with Gasteiger partial charge in [0.15, 0.2) is 0 Å². The Balaban J connectivity index is 1.98. The van der Waals surface area contributed by atoms with E-state index in [9.17, 15) is 9.59 Å². The Morgan fingerprint density at radius 2 is 1.95 bits per heavy atom. The molecule has 4 heteroatoms. The number of carbonyl (C=O) groups excluding carboxylic acids is 2. The predicted molar refractivity (Wildman–Crippen MR) is 79.2 cm³/mol. The van der Waals surface area contributed by atoms with Gasteiger partial charge in [0.2, 0.25) is 11.8 Å². The molecule has 2 aliphatic rings. The van der Waals surface area contributed by atoms with Gasteiger partial charge in [-0.3, -0.25) is 14.5 Å². The molecule has 2 amide bonds. The van der Waals surface area contributed by atoms with Crippen LogP contribution in [0.3, 0.4) is 0 Å². The van der Waals surface area contributed by atoms with Gasteiger partial charge in [0.25, 0.3) is 0 Å². The number of amides is 2. The number of hydrogen-bond acceptors (Lipinski definition) is 3. The lowest BCUT2D eigenvalue weighted by Crippen LogP contribution is -2.46. The van der Waals surface area contributed by atoms with Crippen molar-refractivity contribution in [3.05, 3.63) is 0 Å². The Hall–Kier alpha value is -0.900. The van der Waals surface area contributed by atoms with Crippen LogP contribution in [-0.4, -0.2) is 34.8 Å². The molecule has 0 spiro atoms. The lowest BCUT2D eigenvalue weighted by molar-refractivity contribution is -0.141. The molecule has 2 atom stereocenters. The van der Waals surface area contributed by atoms with Crippen molar-refractivity contribution in [2.24, 2.45) is 5.41 Å². The van der Waals surface area contributed by atoms with Gasteiger partial charge in [-0.25, -0.2) is 0 Å². The minimum atomic E-state index is -0.290. The maximum absolute atomic E-state index is 12.5. The highest BCUT2D eigenvalue weighted by atomic mass is 16.2. The second-order valence-electron chi connectivity index (χ2n) is 7.10. The molecule has 0 radical (unpaired) electrons. The molecule has 1 saturated carbocycles. The average molecular weight is 280 g/mol. The van der Waals surface area contributed by atoms with Crippen LogP contribution in [0, 0.1) is 5.41 Å². The van der Waals surface area contributed by atoms with E-state index in [1.54, 1.807) is 0 Å². The van der Waals surface area contributed by atoms with Crippen LogP contribution in [0.4, 0.5) is 0 Å². The second kappa shape index (κ2) is 5.84. The quantitative estimate of drug-likeness (QED) is 0.787. The molecule has 114 valence electrons. The van der Waals surface area contributed by atoms with Crippen molar-refractivity contribution in [2.45, 2.75) is 84.3 Å². The SMILES string of the molecule is CCC(CC)N1C(=O)CC(NC2CCC(C)(C)C2)C1=O. The van der Waals surface area contributed by atoms with Gasteiger partial charge in [0, 0.05) is 12.1 Å². The van der Waals surface area contributed by atoms with E-state index in [-0.39, 0.29) is 23.9 Å². The lowest BCUT2D eigenvalue weighted by Gasteiger charge is -2.25. The zero-order valence-electron chi connectivity index (χ0n) is 13.2. The van der Waals surface area contributed by atoms with Crippen LogP contribution in [0.1, 0.15) is 66.2 Å². The highest BCUT2D eigenvalue weighted by molar-refractivity contribution is 6.05. The van der Waals surface area contributed by atoms with Crippen LogP contribution in [0.15, 0.2) is 0 Å². The largest absolute Gasteiger partial charge is 0.303 e. The zero-order chi connectivity index (χ0) is 14.9. The van der Waals surface area contributed by atoms with E-state index >= 15 is 0 Å². The van der Waals surface area contributed by atoms with Crippen molar-refractivity contribution in [1.82, 2.24) is 10.2 Å². The van der Waals surface area contributed by atoms with E-state index in [4.69, 9.17) is 0 Å². The van der Waals surface area contributed by atoms with Gasteiger partial charge in [0.1, 0.15) is 0 Å². The minimum absolute atomic E-state index is 0.00143. The summed E-state index contributed by atoms with van der Waals surface area (Å²) < 4.78 is 0. The summed E-state index contributed by atoms with van der Waals surface area (Å²) >= 11 is 0. The Labute approximate surface area is 122 Å². The molecule has 2 unspecified atom stereocenters. The fraction of sp³-hybridized carbons (Fsp3) is 0.875. The van der Waals surface area contributed by atoms with Crippen LogP contribution in [0.25, 0.3) is 0 Å². The molecule has 1 saturated heterocycles. The number of rotatable bonds is 5. The van der Waals surface area contributed by atoms with Gasteiger partial charge in [-0.15, -0.1) is 0 Å². The summed E-state index contributed by atoms with van der Waals surface area (Å²) in [4.78, 5) is 26.1. The third kappa shape index (κ3) is 3.05. The van der Waals surface area contributed by atoms with Crippen LogP contribution < -0.4 is 5.32 Å². The summed E-state index contributed by atoms with van der Waals surface area (Å²) in [5, 5.41) is 3.43. The van der Waals surface area contributed by atoms with Crippen molar-refractivity contribution < 1.29 is 9.59 Å². The third-order valence-electron chi connectivity index (χ3n) is 4.90. The molecule has 0 aromatic carbocycles. The fourth-order valence-corrected chi connectivity index (χ4v) is 3.68. The molecule has 2 rings (SSSR count). The molecule has 1 heterocycles. The summed E-state index contributed by atoms with van der Waals surface area (Å²) in [6.07, 6.45) is 5.42. The lowest BCUT2D eigenvalue weighted by atomic mass is 9.92. The Kier molecular flexibility index (Phi) is 4.52. The van der Waals surface area contributed by atoms with Crippen LogP contribution in [0.5, 0.6) is 0 Å². The Morgan fingerprint density at radius 1 is 1.30 bits per heavy atom. The van der Waals surface area contributed by atoms with E-state index < -0.39 is 0 Å². The van der Waals surface area contributed by atoms with Gasteiger partial charge >= 0.3 is 0 Å². The average Bonchev–Trinajstić information content (AvgIpc) is 2.85. The first-order valence-corrected chi connectivity index (χ1v) is 8.00. The first-order valence-electron chi connectivity index (χ1n) is 8.00. The molecule has 1 aliphatic carbocycles. The van der Waals surface area contributed by atoms with E-state index in [2.05, 4.69) is 19.2 Å². The van der Waals surface area contributed by atoms with Crippen molar-refractivity contribution in [3.8, 4) is 0 Å². The monoisotopic (exact) mass is 280 g/mol. The van der Waals surface area contributed by atoms with E-state index in [1.165, 1.54) is 11.3 Å². The molecule has 1 aliphatic heterocycles.